The van der Waals surface area contributed by atoms with Crippen LogP contribution in [-0.4, -0.2) is 0 Å². The smallest absolute Gasteiger partial charge is 0.0471 e. The molecule has 53 heavy (non-hydrogen) atoms. The van der Waals surface area contributed by atoms with Crippen molar-refractivity contribution in [2.45, 2.75) is 88.9 Å². The Morgan fingerprint density at radius 1 is 0.509 bits per heavy atom. The van der Waals surface area contributed by atoms with Gasteiger partial charge in [-0.2, -0.15) is 0 Å². The fourth-order valence-corrected chi connectivity index (χ4v) is 11.1. The highest BCUT2D eigenvalue weighted by atomic mass is 15.1. The quantitative estimate of drug-likeness (QED) is 0.161. The topological polar surface area (TPSA) is 3.24 Å². The maximum atomic E-state index is 2.54. The fraction of sp³-hybridized carbons (Fsp3) is 0.308. The predicted octanol–water partition coefficient (Wildman–Crippen LogP) is 14.7. The van der Waals surface area contributed by atoms with Crippen LogP contribution in [-0.2, 0) is 5.41 Å². The van der Waals surface area contributed by atoms with E-state index in [-0.39, 0.29) is 5.41 Å². The Kier molecular flexibility index (Phi) is 8.16. The zero-order chi connectivity index (χ0) is 35.5. The van der Waals surface area contributed by atoms with Crippen LogP contribution >= 0.6 is 0 Å². The zero-order valence-electron chi connectivity index (χ0n) is 31.4. The van der Waals surface area contributed by atoms with Crippen LogP contribution in [0.3, 0.4) is 0 Å². The molecule has 6 aromatic rings. The molecule has 4 aliphatic carbocycles. The number of hydrogen-bond acceptors (Lipinski definition) is 1. The van der Waals surface area contributed by atoms with E-state index in [9.17, 15) is 0 Å². The van der Waals surface area contributed by atoms with Crippen molar-refractivity contribution in [3.63, 3.8) is 0 Å². The van der Waals surface area contributed by atoms with Gasteiger partial charge < -0.3 is 4.90 Å². The molecule has 0 radical (unpaired) electrons. The van der Waals surface area contributed by atoms with E-state index in [2.05, 4.69) is 158 Å². The van der Waals surface area contributed by atoms with Crippen molar-refractivity contribution in [2.24, 2.45) is 11.8 Å². The molecule has 0 spiro atoms. The van der Waals surface area contributed by atoms with Crippen LogP contribution < -0.4 is 4.90 Å². The van der Waals surface area contributed by atoms with E-state index in [1.165, 1.54) is 130 Å². The number of hydrogen-bond donors (Lipinski definition) is 0. The maximum absolute atomic E-state index is 2.54. The lowest BCUT2D eigenvalue weighted by Crippen LogP contribution is -2.17. The molecule has 6 aromatic carbocycles. The van der Waals surface area contributed by atoms with Crippen molar-refractivity contribution in [3.8, 4) is 33.4 Å². The summed E-state index contributed by atoms with van der Waals surface area (Å²) in [5, 5.41) is 0. The van der Waals surface area contributed by atoms with Gasteiger partial charge in [0.15, 0.2) is 0 Å². The summed E-state index contributed by atoms with van der Waals surface area (Å²) in [6.45, 7) is 4.82. The van der Waals surface area contributed by atoms with E-state index < -0.39 is 0 Å². The lowest BCUT2D eigenvalue weighted by molar-refractivity contribution is 0.420. The molecule has 2 bridgehead atoms. The molecular weight excluding hydrogens is 639 g/mol. The molecule has 3 fully saturated rings. The van der Waals surface area contributed by atoms with Crippen LogP contribution in [0.5, 0.6) is 0 Å². The second-order valence-corrected chi connectivity index (χ2v) is 17.1. The van der Waals surface area contributed by atoms with E-state index in [0.717, 1.165) is 17.8 Å². The molecule has 264 valence electrons. The predicted molar refractivity (Wildman–Crippen MR) is 224 cm³/mol. The molecule has 4 aliphatic rings. The van der Waals surface area contributed by atoms with Crippen molar-refractivity contribution in [2.75, 3.05) is 4.90 Å². The highest BCUT2D eigenvalue weighted by molar-refractivity contribution is 5.96. The van der Waals surface area contributed by atoms with Crippen LogP contribution in [0.15, 0.2) is 140 Å². The first kappa shape index (κ1) is 32.7. The van der Waals surface area contributed by atoms with Crippen LogP contribution in [0.2, 0.25) is 0 Å². The normalized spacial score (nSPS) is 21.4. The third-order valence-corrected chi connectivity index (χ3v) is 13.7. The number of rotatable bonds is 7. The molecule has 0 saturated heterocycles. The summed E-state index contributed by atoms with van der Waals surface area (Å²) in [5.41, 5.74) is 17.4. The molecule has 0 N–H and O–H groups in total. The molecule has 0 amide bonds. The lowest BCUT2D eigenvalue weighted by atomic mass is 9.81. The van der Waals surface area contributed by atoms with Crippen molar-refractivity contribution >= 4 is 17.1 Å². The first-order valence-corrected chi connectivity index (χ1v) is 20.5. The van der Waals surface area contributed by atoms with E-state index in [4.69, 9.17) is 0 Å². The molecule has 0 aliphatic heterocycles. The molecule has 3 atom stereocenters. The summed E-state index contributed by atoms with van der Waals surface area (Å²) in [5.74, 6) is 3.18. The Morgan fingerprint density at radius 2 is 1.25 bits per heavy atom. The highest BCUT2D eigenvalue weighted by Crippen LogP contribution is 2.56. The van der Waals surface area contributed by atoms with Gasteiger partial charge in [-0.25, -0.2) is 0 Å². The van der Waals surface area contributed by atoms with Gasteiger partial charge in [0, 0.05) is 22.5 Å². The first-order valence-electron chi connectivity index (χ1n) is 20.5. The third-order valence-electron chi connectivity index (χ3n) is 13.7. The average Bonchev–Trinajstić information content (AvgIpc) is 3.92. The highest BCUT2D eigenvalue weighted by Gasteiger charge is 2.40. The molecule has 3 saturated carbocycles. The van der Waals surface area contributed by atoms with Crippen molar-refractivity contribution in [1.82, 2.24) is 0 Å². The molecular formula is C52H51N. The second-order valence-electron chi connectivity index (χ2n) is 17.1. The standard InChI is InChI=1S/C52H51N/c1-52(2)49-23-12-11-22-46(49)51-48(37-16-7-4-8-17-37)33-43(34-50(51)52)53(41-28-26-38(27-29-41)47-31-35-24-25-40(47)30-35)42-19-13-18-39(32-42)45-21-10-9-20-44(45)36-14-5-3-6-15-36/h4,7-13,16-23,26-29,32-36,40,47H,3,5-6,14-15,24-25,30-31H2,1-2H3. The van der Waals surface area contributed by atoms with Gasteiger partial charge in [-0.15, -0.1) is 0 Å². The summed E-state index contributed by atoms with van der Waals surface area (Å²) in [6.07, 6.45) is 12.3. The van der Waals surface area contributed by atoms with Crippen molar-refractivity contribution in [3.05, 3.63) is 162 Å². The van der Waals surface area contributed by atoms with Gasteiger partial charge in [0.05, 0.1) is 0 Å². The van der Waals surface area contributed by atoms with E-state index in [1.54, 1.807) is 0 Å². The van der Waals surface area contributed by atoms with Gasteiger partial charge in [0.1, 0.15) is 0 Å². The fourth-order valence-electron chi connectivity index (χ4n) is 11.1. The summed E-state index contributed by atoms with van der Waals surface area (Å²) >= 11 is 0. The Morgan fingerprint density at radius 3 is 2.02 bits per heavy atom. The van der Waals surface area contributed by atoms with Crippen molar-refractivity contribution in [1.29, 1.82) is 0 Å². The summed E-state index contributed by atoms with van der Waals surface area (Å²) < 4.78 is 0. The minimum atomic E-state index is -0.121. The minimum Gasteiger partial charge on any atom is -0.310 e. The monoisotopic (exact) mass is 689 g/mol. The van der Waals surface area contributed by atoms with E-state index in [1.807, 2.05) is 0 Å². The third kappa shape index (κ3) is 5.67. The molecule has 1 nitrogen and oxygen atoms in total. The Labute approximate surface area is 316 Å². The van der Waals surface area contributed by atoms with Gasteiger partial charge in [-0.3, -0.25) is 0 Å². The molecule has 3 unspecified atom stereocenters. The van der Waals surface area contributed by atoms with Gasteiger partial charge >= 0.3 is 0 Å². The first-order chi connectivity index (χ1) is 26.0. The zero-order valence-corrected chi connectivity index (χ0v) is 31.4. The Balaban J connectivity index is 1.15. The van der Waals surface area contributed by atoms with Crippen LogP contribution in [0, 0.1) is 11.8 Å². The van der Waals surface area contributed by atoms with Gasteiger partial charge in [0.25, 0.3) is 0 Å². The Bertz CT molecular complexity index is 2270. The second kappa shape index (κ2) is 13.2. The van der Waals surface area contributed by atoms with Gasteiger partial charge in [-0.05, 0) is 148 Å². The Hall–Kier alpha value is -4.88. The van der Waals surface area contributed by atoms with E-state index >= 15 is 0 Å². The maximum Gasteiger partial charge on any atom is 0.0471 e. The van der Waals surface area contributed by atoms with Gasteiger partial charge in [-0.1, -0.05) is 143 Å². The number of anilines is 3. The number of benzene rings is 6. The molecule has 1 heteroatoms. The van der Waals surface area contributed by atoms with Gasteiger partial charge in [0.2, 0.25) is 0 Å². The molecule has 0 heterocycles. The van der Waals surface area contributed by atoms with Crippen molar-refractivity contribution < 1.29 is 0 Å². The largest absolute Gasteiger partial charge is 0.310 e. The molecule has 0 aromatic heterocycles. The average molecular weight is 690 g/mol. The van der Waals surface area contributed by atoms with Crippen LogP contribution in [0.25, 0.3) is 33.4 Å². The summed E-state index contributed by atoms with van der Waals surface area (Å²) in [7, 11) is 0. The lowest BCUT2D eigenvalue weighted by Gasteiger charge is -2.30. The summed E-state index contributed by atoms with van der Waals surface area (Å²) in [6, 6.07) is 53.5. The number of nitrogens with zero attached hydrogens (tertiary/aromatic N) is 1. The molecule has 10 rings (SSSR count). The van der Waals surface area contributed by atoms with E-state index in [0.29, 0.717) is 5.92 Å². The minimum absolute atomic E-state index is 0.121. The summed E-state index contributed by atoms with van der Waals surface area (Å²) in [4.78, 5) is 2.54. The SMILES string of the molecule is CC1(C)c2ccccc2-c2c(-c3ccccc3)cc(N(c3ccc(C4CC5CCC4C5)cc3)c3cccc(-c4ccccc4C4CCCCC4)c3)cc21. The van der Waals surface area contributed by atoms with Crippen LogP contribution in [0.4, 0.5) is 17.1 Å². The number of fused-ring (bicyclic) bond motifs is 5. The van der Waals surface area contributed by atoms with Crippen LogP contribution in [0.1, 0.15) is 106 Å².